The van der Waals surface area contributed by atoms with Crippen LogP contribution >= 0.6 is 12.2 Å². The fourth-order valence-electron chi connectivity index (χ4n) is 3.12. The Hall–Kier alpha value is -2.27. The van der Waals surface area contributed by atoms with Crippen molar-refractivity contribution in [3.63, 3.8) is 0 Å². The number of anilines is 1. The average Bonchev–Trinajstić information content (AvgIpc) is 2.98. The Morgan fingerprint density at radius 2 is 2.08 bits per heavy atom. The summed E-state index contributed by atoms with van der Waals surface area (Å²) in [6.45, 7) is 2.62. The SMILES string of the molecule is CCOc1cccc(NC(=S)NC2CCc3c(OC)cccc32)c1. The summed E-state index contributed by atoms with van der Waals surface area (Å²) < 4.78 is 11.0. The molecule has 2 aromatic carbocycles. The monoisotopic (exact) mass is 342 g/mol. The highest BCUT2D eigenvalue weighted by Gasteiger charge is 2.25. The predicted molar refractivity (Wildman–Crippen MR) is 101 cm³/mol. The molecule has 2 aromatic rings. The summed E-state index contributed by atoms with van der Waals surface area (Å²) in [5, 5.41) is 7.26. The van der Waals surface area contributed by atoms with Gasteiger partial charge in [0.05, 0.1) is 19.8 Å². The van der Waals surface area contributed by atoms with Crippen molar-refractivity contribution in [3.8, 4) is 11.5 Å². The predicted octanol–water partition coefficient (Wildman–Crippen LogP) is 4.07. The lowest BCUT2D eigenvalue weighted by atomic mass is 10.1. The van der Waals surface area contributed by atoms with Gasteiger partial charge >= 0.3 is 0 Å². The third-order valence-corrected chi connectivity index (χ3v) is 4.38. The highest BCUT2D eigenvalue weighted by Crippen LogP contribution is 2.36. The molecule has 1 aliphatic carbocycles. The van der Waals surface area contributed by atoms with Gasteiger partial charge in [-0.2, -0.15) is 0 Å². The minimum atomic E-state index is 0.213. The summed E-state index contributed by atoms with van der Waals surface area (Å²) in [5.41, 5.74) is 3.46. The maximum Gasteiger partial charge on any atom is 0.171 e. The van der Waals surface area contributed by atoms with E-state index in [2.05, 4.69) is 16.7 Å². The van der Waals surface area contributed by atoms with Crippen LogP contribution in [-0.4, -0.2) is 18.8 Å². The van der Waals surface area contributed by atoms with Crippen molar-refractivity contribution in [2.45, 2.75) is 25.8 Å². The van der Waals surface area contributed by atoms with Crippen LogP contribution in [0.5, 0.6) is 11.5 Å². The van der Waals surface area contributed by atoms with Crippen LogP contribution < -0.4 is 20.1 Å². The number of hydrogen-bond acceptors (Lipinski definition) is 3. The lowest BCUT2D eigenvalue weighted by Gasteiger charge is -2.18. The van der Waals surface area contributed by atoms with E-state index in [-0.39, 0.29) is 6.04 Å². The van der Waals surface area contributed by atoms with Crippen molar-refractivity contribution in [3.05, 3.63) is 53.6 Å². The lowest BCUT2D eigenvalue weighted by Crippen LogP contribution is -2.31. The number of hydrogen-bond donors (Lipinski definition) is 2. The second-order valence-electron chi connectivity index (χ2n) is 5.68. The van der Waals surface area contributed by atoms with Gasteiger partial charge in [-0.05, 0) is 61.3 Å². The van der Waals surface area contributed by atoms with Crippen molar-refractivity contribution in [2.75, 3.05) is 19.0 Å². The Labute approximate surface area is 148 Å². The molecule has 4 nitrogen and oxygen atoms in total. The summed E-state index contributed by atoms with van der Waals surface area (Å²) >= 11 is 5.48. The molecule has 0 aliphatic heterocycles. The number of thiocarbonyl (C=S) groups is 1. The zero-order chi connectivity index (χ0) is 16.9. The number of ether oxygens (including phenoxy) is 2. The van der Waals surface area contributed by atoms with Gasteiger partial charge in [0.15, 0.2) is 5.11 Å². The Kier molecular flexibility index (Phi) is 5.20. The van der Waals surface area contributed by atoms with Crippen LogP contribution in [0.1, 0.15) is 30.5 Å². The highest BCUT2D eigenvalue weighted by molar-refractivity contribution is 7.80. The van der Waals surface area contributed by atoms with Crippen molar-refractivity contribution < 1.29 is 9.47 Å². The van der Waals surface area contributed by atoms with E-state index in [4.69, 9.17) is 21.7 Å². The first-order valence-corrected chi connectivity index (χ1v) is 8.58. The molecule has 0 fully saturated rings. The van der Waals surface area contributed by atoms with Gasteiger partial charge < -0.3 is 20.1 Å². The Bertz CT molecular complexity index is 733. The molecule has 0 saturated heterocycles. The number of rotatable bonds is 5. The molecule has 1 atom stereocenters. The van der Waals surface area contributed by atoms with E-state index in [1.807, 2.05) is 43.3 Å². The number of benzene rings is 2. The third-order valence-electron chi connectivity index (χ3n) is 4.16. The van der Waals surface area contributed by atoms with Gasteiger partial charge in [0.2, 0.25) is 0 Å². The standard InChI is InChI=1S/C19H22N2O2S/c1-3-23-14-7-4-6-13(12-14)20-19(24)21-17-11-10-16-15(17)8-5-9-18(16)22-2/h4-9,12,17H,3,10-11H2,1-2H3,(H2,20,21,24). The van der Waals surface area contributed by atoms with Gasteiger partial charge in [-0.3, -0.25) is 0 Å². The first-order chi connectivity index (χ1) is 11.7. The molecule has 0 radical (unpaired) electrons. The summed E-state index contributed by atoms with van der Waals surface area (Å²) in [6.07, 6.45) is 2.01. The van der Waals surface area contributed by atoms with E-state index in [9.17, 15) is 0 Å². The van der Waals surface area contributed by atoms with Gasteiger partial charge in [-0.25, -0.2) is 0 Å². The topological polar surface area (TPSA) is 42.5 Å². The molecular weight excluding hydrogens is 320 g/mol. The summed E-state index contributed by atoms with van der Waals surface area (Å²) in [4.78, 5) is 0. The second kappa shape index (κ2) is 7.53. The fourth-order valence-corrected chi connectivity index (χ4v) is 3.38. The largest absolute Gasteiger partial charge is 0.496 e. The Balaban J connectivity index is 1.66. The van der Waals surface area contributed by atoms with E-state index < -0.39 is 0 Å². The van der Waals surface area contributed by atoms with Crippen molar-refractivity contribution in [1.82, 2.24) is 5.32 Å². The molecule has 0 heterocycles. The number of fused-ring (bicyclic) bond motifs is 1. The van der Waals surface area contributed by atoms with Crippen LogP contribution in [0.3, 0.4) is 0 Å². The first kappa shape index (κ1) is 16.6. The van der Waals surface area contributed by atoms with E-state index in [1.165, 1.54) is 11.1 Å². The van der Waals surface area contributed by atoms with Crippen LogP contribution in [0.2, 0.25) is 0 Å². The Morgan fingerprint density at radius 3 is 2.88 bits per heavy atom. The molecule has 2 N–H and O–H groups in total. The van der Waals surface area contributed by atoms with Crippen LogP contribution in [0.4, 0.5) is 5.69 Å². The van der Waals surface area contributed by atoms with Gasteiger partial charge in [-0.15, -0.1) is 0 Å². The van der Waals surface area contributed by atoms with Crippen LogP contribution in [0, 0.1) is 0 Å². The maximum atomic E-state index is 5.52. The molecule has 0 aromatic heterocycles. The molecule has 126 valence electrons. The Morgan fingerprint density at radius 1 is 1.25 bits per heavy atom. The highest BCUT2D eigenvalue weighted by atomic mass is 32.1. The smallest absolute Gasteiger partial charge is 0.171 e. The fraction of sp³-hybridized carbons (Fsp3) is 0.316. The van der Waals surface area contributed by atoms with E-state index >= 15 is 0 Å². The second-order valence-corrected chi connectivity index (χ2v) is 6.09. The normalized spacial score (nSPS) is 15.5. The van der Waals surface area contributed by atoms with Gasteiger partial charge in [0.1, 0.15) is 11.5 Å². The molecule has 0 spiro atoms. The number of nitrogens with one attached hydrogen (secondary N) is 2. The number of methoxy groups -OCH3 is 1. The van der Waals surface area contributed by atoms with E-state index in [0.29, 0.717) is 11.7 Å². The van der Waals surface area contributed by atoms with Crippen molar-refractivity contribution in [2.24, 2.45) is 0 Å². The molecule has 0 bridgehead atoms. The molecule has 3 rings (SSSR count). The van der Waals surface area contributed by atoms with Crippen LogP contribution in [0.25, 0.3) is 0 Å². The van der Waals surface area contributed by atoms with Crippen molar-refractivity contribution >= 4 is 23.0 Å². The van der Waals surface area contributed by atoms with E-state index in [1.54, 1.807) is 7.11 Å². The minimum Gasteiger partial charge on any atom is -0.496 e. The quantitative estimate of drug-likeness (QED) is 0.802. The molecule has 1 unspecified atom stereocenters. The molecule has 0 amide bonds. The van der Waals surface area contributed by atoms with Crippen molar-refractivity contribution in [1.29, 1.82) is 0 Å². The lowest BCUT2D eigenvalue weighted by molar-refractivity contribution is 0.340. The van der Waals surface area contributed by atoms with Crippen LogP contribution in [-0.2, 0) is 6.42 Å². The van der Waals surface area contributed by atoms with Gasteiger partial charge in [-0.1, -0.05) is 18.2 Å². The first-order valence-electron chi connectivity index (χ1n) is 8.17. The summed E-state index contributed by atoms with van der Waals surface area (Å²) in [6, 6.07) is 14.2. The molecule has 5 heteroatoms. The molecule has 1 aliphatic rings. The van der Waals surface area contributed by atoms with Crippen LogP contribution in [0.15, 0.2) is 42.5 Å². The average molecular weight is 342 g/mol. The zero-order valence-corrected chi connectivity index (χ0v) is 14.8. The summed E-state index contributed by atoms with van der Waals surface area (Å²) in [7, 11) is 1.72. The molecule has 0 saturated carbocycles. The van der Waals surface area contributed by atoms with E-state index in [0.717, 1.165) is 30.0 Å². The summed E-state index contributed by atoms with van der Waals surface area (Å²) in [5.74, 6) is 1.79. The van der Waals surface area contributed by atoms with Gasteiger partial charge in [0, 0.05) is 11.8 Å². The third kappa shape index (κ3) is 3.62. The van der Waals surface area contributed by atoms with Gasteiger partial charge in [0.25, 0.3) is 0 Å². The minimum absolute atomic E-state index is 0.213. The maximum absolute atomic E-state index is 5.52. The zero-order valence-electron chi connectivity index (χ0n) is 14.0. The molecule has 24 heavy (non-hydrogen) atoms. The molecular formula is C19H22N2O2S.